The molecule has 3 aromatic rings. The van der Waals surface area contributed by atoms with Crippen LogP contribution in [0.1, 0.15) is 42.4 Å². The van der Waals surface area contributed by atoms with Crippen molar-refractivity contribution in [1.82, 2.24) is 4.98 Å². The van der Waals surface area contributed by atoms with Crippen LogP contribution in [0.5, 0.6) is 0 Å². The zero-order chi connectivity index (χ0) is 20.3. The number of thioether (sulfide) groups is 1. The molecule has 0 bridgehead atoms. The van der Waals surface area contributed by atoms with Crippen molar-refractivity contribution in [3.63, 3.8) is 0 Å². The molecule has 0 fully saturated rings. The minimum atomic E-state index is -0.208. The van der Waals surface area contributed by atoms with Crippen molar-refractivity contribution in [2.75, 3.05) is 5.75 Å². The molecule has 0 atom stereocenters. The predicted molar refractivity (Wildman–Crippen MR) is 115 cm³/mol. The highest BCUT2D eigenvalue weighted by Gasteiger charge is 2.23. The van der Waals surface area contributed by atoms with Crippen molar-refractivity contribution < 1.29 is 9.21 Å². The van der Waals surface area contributed by atoms with Crippen LogP contribution < -0.4 is 0 Å². The van der Waals surface area contributed by atoms with E-state index in [0.717, 1.165) is 10.2 Å². The SMILES string of the molecule is CC(C)(C)c1cc(-c2ccco2)c(C#N)c(SCC(=O)c2ccc(Br)cc2)n1. The molecule has 0 unspecified atom stereocenters. The van der Waals surface area contributed by atoms with Crippen molar-refractivity contribution in [1.29, 1.82) is 5.26 Å². The molecule has 2 aromatic heterocycles. The lowest BCUT2D eigenvalue weighted by atomic mass is 9.90. The Hall–Kier alpha value is -2.36. The van der Waals surface area contributed by atoms with Gasteiger partial charge in [-0.25, -0.2) is 4.98 Å². The Bertz CT molecular complexity index is 1030. The molecule has 0 N–H and O–H groups in total. The maximum absolute atomic E-state index is 12.6. The van der Waals surface area contributed by atoms with Gasteiger partial charge in [-0.2, -0.15) is 5.26 Å². The van der Waals surface area contributed by atoms with Crippen LogP contribution in [0.2, 0.25) is 0 Å². The number of furan rings is 1. The van der Waals surface area contributed by atoms with E-state index in [9.17, 15) is 10.1 Å². The van der Waals surface area contributed by atoms with Gasteiger partial charge in [0.1, 0.15) is 16.9 Å². The number of nitriles is 1. The number of Topliss-reactive ketones (excluding diaryl/α,β-unsaturated/α-hetero) is 1. The second-order valence-corrected chi connectivity index (χ2v) is 9.17. The average Bonchev–Trinajstić information content (AvgIpc) is 3.19. The number of halogens is 1. The van der Waals surface area contributed by atoms with Crippen molar-refractivity contribution in [2.45, 2.75) is 31.2 Å². The number of rotatable bonds is 5. The van der Waals surface area contributed by atoms with Gasteiger partial charge in [-0.1, -0.05) is 60.6 Å². The summed E-state index contributed by atoms with van der Waals surface area (Å²) in [6, 6.07) is 15.0. The van der Waals surface area contributed by atoms with Crippen LogP contribution in [0.3, 0.4) is 0 Å². The van der Waals surface area contributed by atoms with Gasteiger partial charge in [0.25, 0.3) is 0 Å². The standard InChI is InChI=1S/C22H19BrN2O2S/c1-22(2,3)20-11-16(19-5-4-10-27-19)17(12-24)21(25-20)28-13-18(26)14-6-8-15(23)9-7-14/h4-11H,13H2,1-3H3. The number of benzene rings is 1. The van der Waals surface area contributed by atoms with Crippen molar-refractivity contribution in [3.05, 3.63) is 70.0 Å². The Morgan fingerprint density at radius 2 is 1.96 bits per heavy atom. The summed E-state index contributed by atoms with van der Waals surface area (Å²) in [6.45, 7) is 6.19. The van der Waals surface area contributed by atoms with E-state index in [1.807, 2.05) is 24.3 Å². The lowest BCUT2D eigenvalue weighted by Crippen LogP contribution is -2.15. The lowest BCUT2D eigenvalue weighted by Gasteiger charge is -2.20. The van der Waals surface area contributed by atoms with Crippen molar-refractivity contribution >= 4 is 33.5 Å². The molecule has 0 saturated heterocycles. The Morgan fingerprint density at radius 3 is 2.54 bits per heavy atom. The lowest BCUT2D eigenvalue weighted by molar-refractivity contribution is 0.102. The first kappa shape index (κ1) is 20.4. The van der Waals surface area contributed by atoms with Gasteiger partial charge in [0.15, 0.2) is 5.78 Å². The van der Waals surface area contributed by atoms with Crippen molar-refractivity contribution in [3.8, 4) is 17.4 Å². The molecule has 28 heavy (non-hydrogen) atoms. The van der Waals surface area contributed by atoms with Gasteiger partial charge in [-0.3, -0.25) is 4.79 Å². The van der Waals surface area contributed by atoms with Crippen LogP contribution in [0.25, 0.3) is 11.3 Å². The number of aromatic nitrogens is 1. The zero-order valence-corrected chi connectivity index (χ0v) is 18.2. The molecule has 0 saturated carbocycles. The summed E-state index contributed by atoms with van der Waals surface area (Å²) in [7, 11) is 0. The number of pyridine rings is 1. The fraction of sp³-hybridized carbons (Fsp3) is 0.227. The Balaban J connectivity index is 1.97. The largest absolute Gasteiger partial charge is 0.464 e. The minimum Gasteiger partial charge on any atom is -0.464 e. The van der Waals surface area contributed by atoms with Gasteiger partial charge in [-0.15, -0.1) is 0 Å². The van der Waals surface area contributed by atoms with Crippen LogP contribution in [-0.2, 0) is 5.41 Å². The first-order valence-corrected chi connectivity index (χ1v) is 10.5. The molecule has 0 aliphatic heterocycles. The highest BCUT2D eigenvalue weighted by molar-refractivity contribution is 9.10. The minimum absolute atomic E-state index is 0.0103. The van der Waals surface area contributed by atoms with E-state index in [1.54, 1.807) is 24.5 Å². The third-order valence-electron chi connectivity index (χ3n) is 4.16. The van der Waals surface area contributed by atoms with Gasteiger partial charge in [0.05, 0.1) is 17.6 Å². The molecule has 0 aliphatic carbocycles. The number of carbonyl (C=O) groups excluding carboxylic acids is 1. The molecular formula is C22H19BrN2O2S. The molecule has 1 aromatic carbocycles. The molecule has 0 amide bonds. The molecule has 0 radical (unpaired) electrons. The third-order valence-corrected chi connectivity index (χ3v) is 5.66. The van der Waals surface area contributed by atoms with Crippen LogP contribution in [0, 0.1) is 11.3 Å². The molecule has 3 rings (SSSR count). The third kappa shape index (κ3) is 4.54. The summed E-state index contributed by atoms with van der Waals surface area (Å²) in [5.41, 5.74) is 2.40. The number of ketones is 1. The van der Waals surface area contributed by atoms with Crippen LogP contribution >= 0.6 is 27.7 Å². The Labute approximate surface area is 177 Å². The van der Waals surface area contributed by atoms with Crippen LogP contribution in [0.15, 0.2) is 62.6 Å². The van der Waals surface area contributed by atoms with Gasteiger partial charge >= 0.3 is 0 Å². The molecular weight excluding hydrogens is 436 g/mol. The average molecular weight is 455 g/mol. The van der Waals surface area contributed by atoms with E-state index in [2.05, 4.69) is 42.8 Å². The number of carbonyl (C=O) groups is 1. The molecule has 0 spiro atoms. The summed E-state index contributed by atoms with van der Waals surface area (Å²) in [5.74, 6) is 0.809. The van der Waals surface area contributed by atoms with Gasteiger partial charge in [0.2, 0.25) is 0 Å². The molecule has 142 valence electrons. The van der Waals surface area contributed by atoms with E-state index >= 15 is 0 Å². The van der Waals surface area contributed by atoms with E-state index in [4.69, 9.17) is 9.40 Å². The second kappa shape index (κ2) is 8.34. The molecule has 0 aliphatic rings. The summed E-state index contributed by atoms with van der Waals surface area (Å²) >= 11 is 4.65. The predicted octanol–water partition coefficient (Wildman–Crippen LogP) is 6.25. The molecule has 2 heterocycles. The van der Waals surface area contributed by atoms with Gasteiger partial charge in [0, 0.05) is 26.7 Å². The quantitative estimate of drug-likeness (QED) is 0.336. The van der Waals surface area contributed by atoms with E-state index in [1.165, 1.54) is 11.8 Å². The van der Waals surface area contributed by atoms with Gasteiger partial charge < -0.3 is 4.42 Å². The molecule has 6 heteroatoms. The number of hydrogen-bond acceptors (Lipinski definition) is 5. The van der Waals surface area contributed by atoms with Crippen LogP contribution in [0.4, 0.5) is 0 Å². The second-order valence-electron chi connectivity index (χ2n) is 7.29. The van der Waals surface area contributed by atoms with E-state index < -0.39 is 0 Å². The van der Waals surface area contributed by atoms with E-state index in [-0.39, 0.29) is 17.0 Å². The monoisotopic (exact) mass is 454 g/mol. The van der Waals surface area contributed by atoms with E-state index in [0.29, 0.717) is 27.5 Å². The Kier molecular flexibility index (Phi) is 6.07. The summed E-state index contributed by atoms with van der Waals surface area (Å²) in [5, 5.41) is 10.3. The molecule has 4 nitrogen and oxygen atoms in total. The first-order valence-electron chi connectivity index (χ1n) is 8.70. The Morgan fingerprint density at radius 1 is 1.25 bits per heavy atom. The van der Waals surface area contributed by atoms with Crippen LogP contribution in [-0.4, -0.2) is 16.5 Å². The summed E-state index contributed by atoms with van der Waals surface area (Å²) in [4.78, 5) is 17.3. The summed E-state index contributed by atoms with van der Waals surface area (Å²) in [6.07, 6.45) is 1.58. The number of nitrogens with zero attached hydrogens (tertiary/aromatic N) is 2. The topological polar surface area (TPSA) is 66.9 Å². The zero-order valence-electron chi connectivity index (χ0n) is 15.8. The summed E-state index contributed by atoms with van der Waals surface area (Å²) < 4.78 is 6.45. The maximum Gasteiger partial charge on any atom is 0.173 e. The normalized spacial score (nSPS) is 11.2. The van der Waals surface area contributed by atoms with Crippen molar-refractivity contribution in [2.24, 2.45) is 0 Å². The maximum atomic E-state index is 12.6. The fourth-order valence-corrected chi connectivity index (χ4v) is 3.76. The smallest absolute Gasteiger partial charge is 0.173 e. The highest BCUT2D eigenvalue weighted by atomic mass is 79.9. The van der Waals surface area contributed by atoms with Gasteiger partial charge in [-0.05, 0) is 30.3 Å². The first-order chi connectivity index (χ1) is 13.3. The fourth-order valence-electron chi connectivity index (χ4n) is 2.60. The number of hydrogen-bond donors (Lipinski definition) is 0. The highest BCUT2D eigenvalue weighted by Crippen LogP contribution is 2.35.